The number of hydrogen-bond donors (Lipinski definition) is 0. The van der Waals surface area contributed by atoms with Crippen LogP contribution in [0.3, 0.4) is 0 Å². The van der Waals surface area contributed by atoms with E-state index in [-0.39, 0.29) is 22.8 Å². The molecule has 0 bridgehead atoms. The largest absolute Gasteiger partial charge is 0.289 e. The van der Waals surface area contributed by atoms with Crippen LogP contribution in [0.5, 0.6) is 0 Å². The van der Waals surface area contributed by atoms with E-state index >= 15 is 0 Å². The monoisotopic (exact) mass is 1540 g/mol. The fourth-order valence-corrected chi connectivity index (χ4v) is 10.3. The lowest BCUT2D eigenvalue weighted by molar-refractivity contribution is 0.103. The van der Waals surface area contributed by atoms with Crippen molar-refractivity contribution in [3.63, 3.8) is 0 Å². The summed E-state index contributed by atoms with van der Waals surface area (Å²) in [6.45, 7) is 46.0. The Morgan fingerprint density at radius 1 is 0.293 bits per heavy atom. The molecule has 0 unspecified atom stereocenters. The summed E-state index contributed by atoms with van der Waals surface area (Å²) in [6, 6.07) is 82.7. The standard InChI is InChI=1S/C17H20.3C15H14O.C10H14.C7H8.3C6H8N2.C5H6N2.C3H6/c1-13-5-9-15(10-6-13)17(3,4)16-11-7-14(2)8-12-16;1-11-3-7-13(8-4-11)15(16)14-9-5-12(2)6-10-14;2*1-11-6-8-13(9-7-11)15(16)14-5-3-4-12(2)10-14;1-3-4-10-7-5-9(2)6-8-10;1-7-5-3-2-4-6-7;1-5-3-8-6(2)4-7-5;2*1-5-3-7-6(2)8-4-5;1-5-4-6-2-3-7-5;1-3-2/h5-12H,1-4H3;3*3-10H,1-2H3;5-8H,3-4H2,1-2H3;2-6H,1H3;3*3-4H,1-2H3;2-4H,1H3;3H,1H2,2H3. The number of allylic oxidation sites excluding steroid dienone is 1. The Hall–Kier alpha value is -12.7. The number of ketones is 3. The van der Waals surface area contributed by atoms with Crippen LogP contribution in [0, 0.1) is 118 Å². The molecule has 0 spiro atoms. The van der Waals surface area contributed by atoms with Crippen molar-refractivity contribution in [1.82, 2.24) is 39.9 Å². The first-order chi connectivity index (χ1) is 55.4. The minimum atomic E-state index is 0.0708. The molecule has 4 heterocycles. The molecule has 0 amide bonds. The number of carbonyl (C=O) groups excluding carboxylic acids is 3. The van der Waals surface area contributed by atoms with Gasteiger partial charge >= 0.3 is 0 Å². The van der Waals surface area contributed by atoms with Gasteiger partial charge in [-0.1, -0.05) is 325 Å². The maximum Gasteiger partial charge on any atom is 0.193 e. The van der Waals surface area contributed by atoms with Gasteiger partial charge in [0.05, 0.1) is 17.1 Å². The number of aryl methyl sites for hydroxylation is 18. The molecule has 0 aliphatic heterocycles. The van der Waals surface area contributed by atoms with Gasteiger partial charge < -0.3 is 0 Å². The van der Waals surface area contributed by atoms with E-state index < -0.39 is 0 Å². The van der Waals surface area contributed by atoms with Gasteiger partial charge in [-0.25, -0.2) is 19.9 Å². The molecule has 14 aromatic rings. The Morgan fingerprint density at radius 3 is 0.810 bits per heavy atom. The van der Waals surface area contributed by atoms with Crippen molar-refractivity contribution in [3.05, 3.63) is 463 Å². The normalized spacial score (nSPS) is 9.80. The van der Waals surface area contributed by atoms with E-state index in [0.717, 1.165) is 84.4 Å². The Bertz CT molecular complexity index is 4700. The molecule has 11 nitrogen and oxygen atoms in total. The molecule has 0 atom stereocenters. The zero-order valence-electron chi connectivity index (χ0n) is 72.4. The maximum absolute atomic E-state index is 12.1. The highest BCUT2D eigenvalue weighted by Gasteiger charge is 2.22. The smallest absolute Gasteiger partial charge is 0.193 e. The molecule has 14 rings (SSSR count). The molecule has 4 aromatic heterocycles. The van der Waals surface area contributed by atoms with E-state index in [1.165, 1.54) is 74.0 Å². The summed E-state index contributed by atoms with van der Waals surface area (Å²) in [5.74, 6) is 1.92. The Labute approximate surface area is 693 Å². The quantitative estimate of drug-likeness (QED) is 0.0949. The summed E-state index contributed by atoms with van der Waals surface area (Å²) in [4.78, 5) is 67.9. The predicted octanol–water partition coefficient (Wildman–Crippen LogP) is 25.4. The summed E-state index contributed by atoms with van der Waals surface area (Å²) in [5.41, 5.74) is 26.0. The van der Waals surface area contributed by atoms with Crippen molar-refractivity contribution in [1.29, 1.82) is 0 Å². The van der Waals surface area contributed by atoms with Gasteiger partial charge in [0.2, 0.25) is 0 Å². The van der Waals surface area contributed by atoms with Crippen LogP contribution in [0.1, 0.15) is 194 Å². The van der Waals surface area contributed by atoms with Gasteiger partial charge in [-0.05, 0) is 171 Å². The van der Waals surface area contributed by atoms with Gasteiger partial charge in [0.25, 0.3) is 0 Å². The second-order valence-corrected chi connectivity index (χ2v) is 29.1. The van der Waals surface area contributed by atoms with Crippen molar-refractivity contribution in [2.45, 2.75) is 164 Å². The van der Waals surface area contributed by atoms with Crippen LogP contribution in [0.15, 0.2) is 317 Å². The predicted molar refractivity (Wildman–Crippen MR) is 485 cm³/mol. The molecule has 0 saturated heterocycles. The third-order valence-electron chi connectivity index (χ3n) is 17.4. The van der Waals surface area contributed by atoms with Crippen LogP contribution in [0.4, 0.5) is 0 Å². The average molecular weight is 1540 g/mol. The number of aromatic nitrogens is 8. The van der Waals surface area contributed by atoms with E-state index in [0.29, 0.717) is 0 Å². The summed E-state index contributed by atoms with van der Waals surface area (Å²) in [6.07, 6.45) is 20.0. The third-order valence-corrected chi connectivity index (χ3v) is 17.4. The summed E-state index contributed by atoms with van der Waals surface area (Å²) in [5, 5.41) is 0. The lowest BCUT2D eigenvalue weighted by Gasteiger charge is -2.26. The molecule has 0 radical (unpaired) electrons. The van der Waals surface area contributed by atoms with Crippen molar-refractivity contribution >= 4 is 17.3 Å². The number of carbonyl (C=O) groups is 3. The molecule has 0 aliphatic carbocycles. The van der Waals surface area contributed by atoms with Crippen LogP contribution in [-0.2, 0) is 11.8 Å². The third kappa shape index (κ3) is 38.7. The van der Waals surface area contributed by atoms with E-state index in [9.17, 15) is 14.4 Å². The molecule has 0 N–H and O–H groups in total. The van der Waals surface area contributed by atoms with Crippen LogP contribution >= 0.6 is 0 Å². The Kier molecular flexibility index (Phi) is 43.3. The maximum atomic E-state index is 12.1. The van der Waals surface area contributed by atoms with Crippen molar-refractivity contribution in [2.24, 2.45) is 0 Å². The Balaban J connectivity index is 0.000000275. The van der Waals surface area contributed by atoms with E-state index in [1.54, 1.807) is 37.1 Å². The van der Waals surface area contributed by atoms with E-state index in [2.05, 4.69) is 180 Å². The number of nitrogens with zero attached hydrogens (tertiary/aromatic N) is 8. The molecule has 0 saturated carbocycles. The molecule has 0 fully saturated rings. The fourth-order valence-electron chi connectivity index (χ4n) is 10.3. The first-order valence-corrected chi connectivity index (χ1v) is 39.2. The highest BCUT2D eigenvalue weighted by Crippen LogP contribution is 2.32. The minimum absolute atomic E-state index is 0.0708. The minimum Gasteiger partial charge on any atom is -0.289 e. The van der Waals surface area contributed by atoms with Crippen LogP contribution in [-0.4, -0.2) is 57.2 Å². The van der Waals surface area contributed by atoms with Crippen LogP contribution < -0.4 is 0 Å². The number of benzene rings is 10. The molecule has 10 aromatic carbocycles. The second kappa shape index (κ2) is 52.6. The SMILES string of the molecule is C=CC.CCCc1ccc(C)cc1.Cc1ccc(C(=O)c2ccc(C)cc2)cc1.Cc1ccc(C(=O)c2cccc(C)c2)cc1.Cc1ccc(C(=O)c2cccc(C)c2)cc1.Cc1ccc(C(C)(C)c2ccc(C)cc2)cc1.Cc1ccccc1.Cc1cnc(C)cn1.Cc1cnc(C)nc1.Cc1cnc(C)nc1.Cc1cnccn1. The topological polar surface area (TPSA) is 154 Å². The van der Waals surface area contributed by atoms with Gasteiger partial charge in [-0.2, -0.15) is 0 Å². The molecular weight excluding hydrogens is 1420 g/mol. The first-order valence-electron chi connectivity index (χ1n) is 39.2. The van der Waals surface area contributed by atoms with Gasteiger partial charge in [0, 0.05) is 94.6 Å². The Morgan fingerprint density at radius 2 is 0.569 bits per heavy atom. The van der Waals surface area contributed by atoms with E-state index in [4.69, 9.17) is 0 Å². The first kappa shape index (κ1) is 95.6. The molecule has 11 heteroatoms. The van der Waals surface area contributed by atoms with Gasteiger partial charge in [0.15, 0.2) is 17.3 Å². The highest BCUT2D eigenvalue weighted by molar-refractivity contribution is 6.10. The summed E-state index contributed by atoms with van der Waals surface area (Å²) >= 11 is 0. The molecule has 116 heavy (non-hydrogen) atoms. The zero-order valence-corrected chi connectivity index (χ0v) is 72.4. The van der Waals surface area contributed by atoms with Gasteiger partial charge in [-0.15, -0.1) is 6.58 Å². The van der Waals surface area contributed by atoms with Gasteiger partial charge in [0.1, 0.15) is 11.6 Å². The second-order valence-electron chi connectivity index (χ2n) is 29.1. The number of rotatable bonds is 10. The van der Waals surface area contributed by atoms with Crippen molar-refractivity contribution in [2.75, 3.05) is 0 Å². The lowest BCUT2D eigenvalue weighted by Crippen LogP contribution is -2.18. The lowest BCUT2D eigenvalue weighted by atomic mass is 9.78. The number of hydrogen-bond acceptors (Lipinski definition) is 11. The summed E-state index contributed by atoms with van der Waals surface area (Å²) in [7, 11) is 0. The van der Waals surface area contributed by atoms with Gasteiger partial charge in [-0.3, -0.25) is 34.3 Å². The van der Waals surface area contributed by atoms with Crippen molar-refractivity contribution < 1.29 is 14.4 Å². The van der Waals surface area contributed by atoms with E-state index in [1.807, 2.05) is 286 Å². The van der Waals surface area contributed by atoms with Crippen LogP contribution in [0.25, 0.3) is 0 Å². The summed E-state index contributed by atoms with van der Waals surface area (Å²) < 4.78 is 0. The highest BCUT2D eigenvalue weighted by atomic mass is 16.1. The fraction of sp³-hybridized carbons (Fsp3) is 0.229. The molecule has 0 aliphatic rings. The average Bonchev–Trinajstić information content (AvgIpc) is 0.797. The molecule has 598 valence electrons. The van der Waals surface area contributed by atoms with Crippen LogP contribution in [0.2, 0.25) is 0 Å². The van der Waals surface area contributed by atoms with Crippen molar-refractivity contribution in [3.8, 4) is 0 Å². The zero-order chi connectivity index (χ0) is 85.4. The molecular formula is C105H120N8O3.